The van der Waals surface area contributed by atoms with Crippen LogP contribution in [-0.4, -0.2) is 14.0 Å². The second kappa shape index (κ2) is 4.20. The average molecular weight is 272 g/mol. The highest BCUT2D eigenvalue weighted by molar-refractivity contribution is 7.89. The highest BCUT2D eigenvalue weighted by Gasteiger charge is 2.41. The topological polar surface area (TPSA) is 72.2 Å². The smallest absolute Gasteiger partial charge is 0.243 e. The van der Waals surface area contributed by atoms with Gasteiger partial charge in [0, 0.05) is 5.54 Å². The fraction of sp³-hybridized carbons (Fsp3) is 0.500. The van der Waals surface area contributed by atoms with Crippen LogP contribution in [0.5, 0.6) is 0 Å². The molecule has 0 aliphatic heterocycles. The molecule has 0 spiro atoms. The summed E-state index contributed by atoms with van der Waals surface area (Å²) >= 11 is 0. The molecule has 0 heterocycles. The largest absolute Gasteiger partial charge is 0.398 e. The van der Waals surface area contributed by atoms with Gasteiger partial charge in [0.25, 0.3) is 0 Å². The van der Waals surface area contributed by atoms with Crippen molar-refractivity contribution < 1.29 is 12.8 Å². The lowest BCUT2D eigenvalue weighted by molar-refractivity contribution is 0.400. The minimum atomic E-state index is -3.79. The van der Waals surface area contributed by atoms with E-state index >= 15 is 0 Å². The number of nitrogens with one attached hydrogen (secondary N) is 1. The van der Waals surface area contributed by atoms with Crippen molar-refractivity contribution in [1.82, 2.24) is 4.72 Å². The summed E-state index contributed by atoms with van der Waals surface area (Å²) < 4.78 is 40.1. The van der Waals surface area contributed by atoms with Gasteiger partial charge in [0.15, 0.2) is 0 Å². The van der Waals surface area contributed by atoms with Crippen LogP contribution in [0.15, 0.2) is 23.1 Å². The van der Waals surface area contributed by atoms with Crippen molar-refractivity contribution in [1.29, 1.82) is 0 Å². The quantitative estimate of drug-likeness (QED) is 0.822. The van der Waals surface area contributed by atoms with Crippen LogP contribution in [0, 0.1) is 11.7 Å². The Bertz CT molecular complexity index is 565. The predicted octanol–water partition coefficient (Wildman–Crippen LogP) is 1.87. The zero-order chi connectivity index (χ0) is 13.6. The third-order valence-corrected chi connectivity index (χ3v) is 4.99. The lowest BCUT2D eigenvalue weighted by Gasteiger charge is -2.26. The van der Waals surface area contributed by atoms with Gasteiger partial charge in [-0.1, -0.05) is 0 Å². The Kier molecular flexibility index (Phi) is 3.11. The van der Waals surface area contributed by atoms with E-state index in [-0.39, 0.29) is 10.6 Å². The lowest BCUT2D eigenvalue weighted by atomic mass is 10.0. The van der Waals surface area contributed by atoms with Gasteiger partial charge in [0.05, 0.1) is 5.69 Å². The number of halogens is 1. The summed E-state index contributed by atoms with van der Waals surface area (Å²) in [6.07, 6.45) is 2.02. The Balaban J connectivity index is 2.33. The number of hydrogen-bond acceptors (Lipinski definition) is 3. The fourth-order valence-electron chi connectivity index (χ4n) is 2.03. The molecular weight excluding hydrogens is 255 g/mol. The van der Waals surface area contributed by atoms with E-state index in [0.29, 0.717) is 5.92 Å². The Labute approximate surface area is 106 Å². The number of sulfonamides is 1. The molecule has 2 rings (SSSR count). The minimum absolute atomic E-state index is 0.0514. The molecule has 0 saturated heterocycles. The summed E-state index contributed by atoms with van der Waals surface area (Å²) in [5, 5.41) is 0. The van der Waals surface area contributed by atoms with Gasteiger partial charge in [0.2, 0.25) is 10.0 Å². The van der Waals surface area contributed by atoms with E-state index < -0.39 is 21.4 Å². The molecule has 0 atom stereocenters. The zero-order valence-electron chi connectivity index (χ0n) is 10.4. The van der Waals surface area contributed by atoms with Crippen LogP contribution in [0.3, 0.4) is 0 Å². The molecule has 0 unspecified atom stereocenters. The van der Waals surface area contributed by atoms with Gasteiger partial charge in [-0.2, -0.15) is 0 Å². The number of benzene rings is 1. The Morgan fingerprint density at radius 3 is 2.56 bits per heavy atom. The van der Waals surface area contributed by atoms with Gasteiger partial charge in [0.1, 0.15) is 10.7 Å². The first kappa shape index (κ1) is 13.3. The average Bonchev–Trinajstić information content (AvgIpc) is 3.03. The van der Waals surface area contributed by atoms with Crippen molar-refractivity contribution in [2.24, 2.45) is 5.92 Å². The summed E-state index contributed by atoms with van der Waals surface area (Å²) in [5.41, 5.74) is 5.12. The second-order valence-electron chi connectivity index (χ2n) is 5.28. The zero-order valence-corrected chi connectivity index (χ0v) is 11.2. The summed E-state index contributed by atoms with van der Waals surface area (Å²) in [7, 11) is -3.79. The third kappa shape index (κ3) is 2.64. The van der Waals surface area contributed by atoms with E-state index in [1.54, 1.807) is 0 Å². The predicted molar refractivity (Wildman–Crippen MR) is 67.9 cm³/mol. The Morgan fingerprint density at radius 2 is 2.00 bits per heavy atom. The number of nitrogens with two attached hydrogens (primary N) is 1. The fourth-order valence-corrected chi connectivity index (χ4v) is 3.65. The first-order valence-corrected chi connectivity index (χ1v) is 7.30. The molecular formula is C12H17FN2O2S. The molecule has 0 aromatic heterocycles. The van der Waals surface area contributed by atoms with Crippen molar-refractivity contribution in [3.05, 3.63) is 24.0 Å². The number of anilines is 1. The lowest BCUT2D eigenvalue weighted by Crippen LogP contribution is -2.45. The molecule has 6 heteroatoms. The van der Waals surface area contributed by atoms with Crippen LogP contribution < -0.4 is 10.5 Å². The second-order valence-corrected chi connectivity index (χ2v) is 6.93. The number of rotatable bonds is 4. The molecule has 18 heavy (non-hydrogen) atoms. The normalized spacial score (nSPS) is 16.8. The number of hydrogen-bond donors (Lipinski definition) is 2. The van der Waals surface area contributed by atoms with Gasteiger partial charge in [-0.15, -0.1) is 0 Å². The van der Waals surface area contributed by atoms with Crippen LogP contribution in [0.2, 0.25) is 0 Å². The molecule has 100 valence electrons. The van der Waals surface area contributed by atoms with Gasteiger partial charge in [-0.05, 0) is 50.8 Å². The highest BCUT2D eigenvalue weighted by Crippen LogP contribution is 2.40. The Morgan fingerprint density at radius 1 is 1.39 bits per heavy atom. The standard InChI is InChI=1S/C12H17FN2O2S/c1-12(2,8-3-4-8)15-18(16,17)11-7-9(13)5-6-10(11)14/h5-8,15H,3-4,14H2,1-2H3. The molecule has 1 aromatic carbocycles. The van der Waals surface area contributed by atoms with Crippen molar-refractivity contribution >= 4 is 15.7 Å². The maximum atomic E-state index is 13.1. The van der Waals surface area contributed by atoms with E-state index in [9.17, 15) is 12.8 Å². The molecule has 0 bridgehead atoms. The molecule has 0 radical (unpaired) electrons. The molecule has 3 N–H and O–H groups in total. The van der Waals surface area contributed by atoms with Gasteiger partial charge < -0.3 is 5.73 Å². The van der Waals surface area contributed by atoms with Gasteiger partial charge >= 0.3 is 0 Å². The maximum absolute atomic E-state index is 13.1. The van der Waals surface area contributed by atoms with E-state index in [4.69, 9.17) is 5.73 Å². The maximum Gasteiger partial charge on any atom is 0.243 e. The van der Waals surface area contributed by atoms with E-state index in [1.165, 1.54) is 6.07 Å². The van der Waals surface area contributed by atoms with Crippen molar-refractivity contribution in [3.8, 4) is 0 Å². The minimum Gasteiger partial charge on any atom is -0.398 e. The van der Waals surface area contributed by atoms with E-state index in [1.807, 2.05) is 13.8 Å². The third-order valence-electron chi connectivity index (χ3n) is 3.26. The summed E-state index contributed by atoms with van der Waals surface area (Å²) in [5.74, 6) is -0.282. The SMILES string of the molecule is CC(C)(NS(=O)(=O)c1cc(F)ccc1N)C1CC1. The van der Waals surface area contributed by atoms with Crippen LogP contribution >= 0.6 is 0 Å². The highest BCUT2D eigenvalue weighted by atomic mass is 32.2. The molecule has 0 amide bonds. The molecule has 1 aliphatic carbocycles. The van der Waals surface area contributed by atoms with Gasteiger partial charge in [-0.25, -0.2) is 17.5 Å². The van der Waals surface area contributed by atoms with E-state index in [0.717, 1.165) is 25.0 Å². The summed E-state index contributed by atoms with van der Waals surface area (Å²) in [4.78, 5) is -0.198. The monoisotopic (exact) mass is 272 g/mol. The Hall–Kier alpha value is -1.14. The van der Waals surface area contributed by atoms with Crippen LogP contribution in [-0.2, 0) is 10.0 Å². The summed E-state index contributed by atoms with van der Waals surface area (Å²) in [6.45, 7) is 3.66. The van der Waals surface area contributed by atoms with Gasteiger partial charge in [-0.3, -0.25) is 0 Å². The molecule has 1 aromatic rings. The molecule has 1 fully saturated rings. The van der Waals surface area contributed by atoms with Crippen LogP contribution in [0.4, 0.5) is 10.1 Å². The van der Waals surface area contributed by atoms with E-state index in [2.05, 4.69) is 4.72 Å². The molecule has 1 aliphatic rings. The van der Waals surface area contributed by atoms with Crippen molar-refractivity contribution in [2.75, 3.05) is 5.73 Å². The van der Waals surface area contributed by atoms with Crippen LogP contribution in [0.25, 0.3) is 0 Å². The molecule has 1 saturated carbocycles. The summed E-state index contributed by atoms with van der Waals surface area (Å²) in [6, 6.07) is 3.34. The first-order chi connectivity index (χ1) is 8.22. The number of nitrogen functional groups attached to an aromatic ring is 1. The van der Waals surface area contributed by atoms with Crippen LogP contribution in [0.1, 0.15) is 26.7 Å². The first-order valence-electron chi connectivity index (χ1n) is 5.81. The van der Waals surface area contributed by atoms with Crippen molar-refractivity contribution in [3.63, 3.8) is 0 Å². The van der Waals surface area contributed by atoms with Crippen molar-refractivity contribution in [2.45, 2.75) is 37.1 Å². The molecule has 4 nitrogen and oxygen atoms in total.